The van der Waals surface area contributed by atoms with Gasteiger partial charge in [-0.3, -0.25) is 4.90 Å². The van der Waals surface area contributed by atoms with Crippen LogP contribution in [0, 0.1) is 0 Å². The highest BCUT2D eigenvalue weighted by Crippen LogP contribution is 2.50. The first-order valence-electron chi connectivity index (χ1n) is 14.1. The van der Waals surface area contributed by atoms with E-state index < -0.39 is 12.1 Å². The Hall–Kier alpha value is -3.74. The van der Waals surface area contributed by atoms with Crippen molar-refractivity contribution in [2.24, 2.45) is 0 Å². The molecule has 1 saturated heterocycles. The number of carbonyl (C=O) groups is 2. The third kappa shape index (κ3) is 8.50. The number of amides is 2. The number of ether oxygens (including phenoxy) is 2. The Morgan fingerprint density at radius 3 is 2.27 bits per heavy atom. The molecule has 3 N–H and O–H groups in total. The first-order valence-corrected chi connectivity index (χ1v) is 14.8. The number of fused-ring (bicyclic) bond motifs is 1. The average Bonchev–Trinajstić information content (AvgIpc) is 3.35. The van der Waals surface area contributed by atoms with Gasteiger partial charge in [0.2, 0.25) is 0 Å². The molecule has 2 amide bonds. The predicted molar refractivity (Wildman–Crippen MR) is 164 cm³/mol. The molecular weight excluding hydrogens is 636 g/mol. The number of benzene rings is 2. The molecule has 1 aliphatic heterocycles. The van der Waals surface area contributed by atoms with Crippen molar-refractivity contribution in [3.8, 4) is 11.5 Å². The SMILES string of the molecule is COc1ccc(C23CCC(NC(=O)Nc4cc(Cl)nc(Cl)c4)CC2N(Cc2ccccc2)CC3)cc1OC.O=C(O)C(F)(F)F. The molecule has 1 saturated carbocycles. The molecule has 5 rings (SSSR count). The van der Waals surface area contributed by atoms with Gasteiger partial charge in [-0.15, -0.1) is 0 Å². The standard InChI is InChI=1S/C29H32Cl2N4O3.C2HF3O2/c1-37-23-9-8-20(14-24(23)38-2)29-11-10-21(32-28(36)33-22-16-26(30)34-27(31)17-22)15-25(29)35(13-12-29)18-19-6-4-3-5-7-19;3-2(4,5)1(6)7/h3-9,14,16-17,21,25H,10-13,15,18H2,1-2H3,(H2,32,33,34,36);(H,6,7). The largest absolute Gasteiger partial charge is 0.493 e. The summed E-state index contributed by atoms with van der Waals surface area (Å²) in [5.74, 6) is -1.28. The lowest BCUT2D eigenvalue weighted by Gasteiger charge is -2.45. The maximum atomic E-state index is 12.9. The molecule has 0 bridgehead atoms. The summed E-state index contributed by atoms with van der Waals surface area (Å²) in [7, 11) is 3.33. The number of urea groups is 1. The molecule has 242 valence electrons. The third-order valence-electron chi connectivity index (χ3n) is 8.16. The maximum absolute atomic E-state index is 12.9. The molecule has 0 radical (unpaired) electrons. The van der Waals surface area contributed by atoms with E-state index in [4.69, 9.17) is 42.6 Å². The Kier molecular flexibility index (Phi) is 11.1. The van der Waals surface area contributed by atoms with Crippen molar-refractivity contribution in [1.82, 2.24) is 15.2 Å². The summed E-state index contributed by atoms with van der Waals surface area (Å²) >= 11 is 12.0. The highest BCUT2D eigenvalue weighted by molar-refractivity contribution is 6.33. The number of methoxy groups -OCH3 is 2. The third-order valence-corrected chi connectivity index (χ3v) is 8.54. The minimum absolute atomic E-state index is 0.0254. The second-order valence-electron chi connectivity index (χ2n) is 10.8. The first-order chi connectivity index (χ1) is 21.3. The van der Waals surface area contributed by atoms with Crippen molar-refractivity contribution in [3.05, 3.63) is 82.1 Å². The van der Waals surface area contributed by atoms with Gasteiger partial charge in [-0.25, -0.2) is 14.6 Å². The van der Waals surface area contributed by atoms with Crippen LogP contribution in [0.1, 0.15) is 36.8 Å². The van der Waals surface area contributed by atoms with Crippen LogP contribution in [0.3, 0.4) is 0 Å². The van der Waals surface area contributed by atoms with E-state index in [0.29, 0.717) is 5.69 Å². The Labute approximate surface area is 268 Å². The van der Waals surface area contributed by atoms with Crippen LogP contribution in [0.25, 0.3) is 0 Å². The van der Waals surface area contributed by atoms with Gasteiger partial charge in [0.05, 0.1) is 14.2 Å². The van der Waals surface area contributed by atoms with E-state index in [1.54, 1.807) is 26.4 Å². The number of nitrogens with one attached hydrogen (secondary N) is 2. The van der Waals surface area contributed by atoms with Crippen molar-refractivity contribution in [1.29, 1.82) is 0 Å². The molecule has 2 heterocycles. The Morgan fingerprint density at radius 2 is 1.67 bits per heavy atom. The molecule has 9 nitrogen and oxygen atoms in total. The summed E-state index contributed by atoms with van der Waals surface area (Å²) in [5.41, 5.74) is 3.03. The summed E-state index contributed by atoms with van der Waals surface area (Å²) in [6.07, 6.45) is -1.37. The zero-order chi connectivity index (χ0) is 32.8. The van der Waals surface area contributed by atoms with E-state index in [1.165, 1.54) is 11.1 Å². The number of rotatable bonds is 7. The van der Waals surface area contributed by atoms with Crippen molar-refractivity contribution in [2.45, 2.75) is 55.9 Å². The van der Waals surface area contributed by atoms with E-state index >= 15 is 0 Å². The van der Waals surface area contributed by atoms with Crippen LogP contribution in [0.5, 0.6) is 11.5 Å². The number of alkyl halides is 3. The number of carboxylic acids is 1. The lowest BCUT2D eigenvalue weighted by atomic mass is 9.65. The first kappa shape index (κ1) is 34.1. The molecule has 3 unspecified atom stereocenters. The van der Waals surface area contributed by atoms with Gasteiger partial charge in [-0.05, 0) is 67.6 Å². The van der Waals surface area contributed by atoms with Gasteiger partial charge >= 0.3 is 18.2 Å². The lowest BCUT2D eigenvalue weighted by Crippen LogP contribution is -2.52. The normalized spacial score (nSPS) is 21.1. The molecule has 2 aliphatic rings. The summed E-state index contributed by atoms with van der Waals surface area (Å²) in [4.78, 5) is 28.3. The zero-order valence-corrected chi connectivity index (χ0v) is 26.0. The summed E-state index contributed by atoms with van der Waals surface area (Å²) in [6, 6.07) is 20.0. The minimum atomic E-state index is -5.08. The topological polar surface area (TPSA) is 113 Å². The Bertz CT molecular complexity index is 1480. The summed E-state index contributed by atoms with van der Waals surface area (Å²) in [6.45, 7) is 1.86. The van der Waals surface area contributed by atoms with Gasteiger partial charge in [0.1, 0.15) is 10.3 Å². The number of carboxylic acid groups (broad SMARTS) is 1. The summed E-state index contributed by atoms with van der Waals surface area (Å²) in [5, 5.41) is 13.6. The van der Waals surface area contributed by atoms with Crippen LogP contribution in [0.4, 0.5) is 23.7 Å². The van der Waals surface area contributed by atoms with E-state index in [1.807, 2.05) is 12.1 Å². The molecule has 2 fully saturated rings. The van der Waals surface area contributed by atoms with Crippen LogP contribution in [-0.2, 0) is 16.8 Å². The number of pyridine rings is 1. The quantitative estimate of drug-likeness (QED) is 0.234. The van der Waals surface area contributed by atoms with Crippen molar-refractivity contribution in [2.75, 3.05) is 26.1 Å². The van der Waals surface area contributed by atoms with Crippen LogP contribution >= 0.6 is 23.2 Å². The smallest absolute Gasteiger partial charge is 0.490 e. The fourth-order valence-corrected chi connectivity index (χ4v) is 6.62. The van der Waals surface area contributed by atoms with Gasteiger partial charge in [-0.1, -0.05) is 59.6 Å². The van der Waals surface area contributed by atoms with Gasteiger partial charge in [0.15, 0.2) is 11.5 Å². The Morgan fingerprint density at radius 1 is 1.02 bits per heavy atom. The second kappa shape index (κ2) is 14.6. The number of aliphatic carboxylic acids is 1. The minimum Gasteiger partial charge on any atom is -0.493 e. The van der Waals surface area contributed by atoms with Crippen LogP contribution in [-0.4, -0.2) is 66.0 Å². The monoisotopic (exact) mass is 668 g/mol. The molecular formula is C31H33Cl2F3N4O5. The van der Waals surface area contributed by atoms with Crippen LogP contribution in [0.15, 0.2) is 60.7 Å². The maximum Gasteiger partial charge on any atom is 0.490 e. The number of nitrogens with zero attached hydrogens (tertiary/aromatic N) is 2. The molecule has 2 aromatic carbocycles. The highest BCUT2D eigenvalue weighted by atomic mass is 35.5. The predicted octanol–water partition coefficient (Wildman–Crippen LogP) is 6.93. The number of halogens is 5. The van der Waals surface area contributed by atoms with Crippen molar-refractivity contribution >= 4 is 40.9 Å². The average molecular weight is 670 g/mol. The molecule has 1 aliphatic carbocycles. The number of hydrogen-bond donors (Lipinski definition) is 3. The second-order valence-corrected chi connectivity index (χ2v) is 11.6. The van der Waals surface area contributed by atoms with E-state index in [9.17, 15) is 18.0 Å². The number of carbonyl (C=O) groups excluding carboxylic acids is 1. The van der Waals surface area contributed by atoms with Crippen molar-refractivity contribution in [3.63, 3.8) is 0 Å². The van der Waals surface area contributed by atoms with Gasteiger partial charge in [0.25, 0.3) is 0 Å². The van der Waals surface area contributed by atoms with E-state index in [0.717, 1.165) is 50.3 Å². The van der Waals surface area contributed by atoms with Crippen molar-refractivity contribution < 1.29 is 37.3 Å². The number of aromatic nitrogens is 1. The zero-order valence-electron chi connectivity index (χ0n) is 24.5. The molecule has 3 aromatic rings. The Balaban J connectivity index is 0.000000591. The summed E-state index contributed by atoms with van der Waals surface area (Å²) < 4.78 is 42.9. The highest BCUT2D eigenvalue weighted by Gasteiger charge is 2.51. The van der Waals surface area contributed by atoms with Gasteiger partial charge < -0.3 is 25.2 Å². The fourth-order valence-electron chi connectivity index (χ4n) is 6.16. The number of hydrogen-bond acceptors (Lipinski definition) is 6. The van der Waals surface area contributed by atoms with Crippen LogP contribution < -0.4 is 20.1 Å². The molecule has 3 atom stereocenters. The molecule has 1 aromatic heterocycles. The number of anilines is 1. The van der Waals surface area contributed by atoms with E-state index in [2.05, 4.69) is 56.9 Å². The van der Waals surface area contributed by atoms with Gasteiger partial charge in [-0.2, -0.15) is 13.2 Å². The molecule has 0 spiro atoms. The fraction of sp³-hybridized carbons (Fsp3) is 0.387. The molecule has 14 heteroatoms. The lowest BCUT2D eigenvalue weighted by molar-refractivity contribution is -0.192. The van der Waals surface area contributed by atoms with Crippen LogP contribution in [0.2, 0.25) is 10.3 Å². The van der Waals surface area contributed by atoms with E-state index in [-0.39, 0.29) is 33.8 Å². The van der Waals surface area contributed by atoms with Gasteiger partial charge in [0, 0.05) is 29.7 Å². The molecule has 45 heavy (non-hydrogen) atoms. The number of likely N-dealkylation sites (tertiary alicyclic amines) is 1.